The van der Waals surface area contributed by atoms with Crippen LogP contribution in [0.1, 0.15) is 31.2 Å². The molecule has 7 heteroatoms. The Kier molecular flexibility index (Phi) is 3.26. The number of likely N-dealkylation sites (tertiary alicyclic amines) is 1. The van der Waals surface area contributed by atoms with Crippen molar-refractivity contribution in [2.75, 3.05) is 24.6 Å². The minimum atomic E-state index is 0.0161. The van der Waals surface area contributed by atoms with Gasteiger partial charge in [0.25, 0.3) is 0 Å². The van der Waals surface area contributed by atoms with Crippen LogP contribution in [0.2, 0.25) is 0 Å². The summed E-state index contributed by atoms with van der Waals surface area (Å²) in [5.41, 5.74) is 2.21. The van der Waals surface area contributed by atoms with Gasteiger partial charge in [0.2, 0.25) is 0 Å². The summed E-state index contributed by atoms with van der Waals surface area (Å²) < 4.78 is 6.82. The van der Waals surface area contributed by atoms with E-state index in [9.17, 15) is 4.79 Å². The van der Waals surface area contributed by atoms with E-state index in [0.717, 1.165) is 59.7 Å². The highest BCUT2D eigenvalue weighted by Gasteiger charge is 2.46. The van der Waals surface area contributed by atoms with Crippen LogP contribution in [0.25, 0.3) is 10.2 Å². The maximum Gasteiger partial charge on any atom is 0.324 e. The van der Waals surface area contributed by atoms with Crippen molar-refractivity contribution in [1.29, 1.82) is 0 Å². The van der Waals surface area contributed by atoms with E-state index in [-0.39, 0.29) is 18.1 Å². The number of hydrogen-bond acceptors (Lipinski definition) is 5. The van der Waals surface area contributed by atoms with Gasteiger partial charge in [-0.1, -0.05) is 17.8 Å². The number of benzene rings is 1. The predicted octanol–water partition coefficient (Wildman–Crippen LogP) is 2.76. The van der Waals surface area contributed by atoms with Crippen LogP contribution >= 0.6 is 11.3 Å². The first-order chi connectivity index (χ1) is 12.8. The van der Waals surface area contributed by atoms with Crippen molar-refractivity contribution in [2.45, 2.75) is 50.2 Å². The van der Waals surface area contributed by atoms with Crippen molar-refractivity contribution in [3.05, 3.63) is 17.7 Å². The summed E-state index contributed by atoms with van der Waals surface area (Å²) in [7, 11) is 0. The lowest BCUT2D eigenvalue weighted by Crippen LogP contribution is -2.55. The normalized spacial score (nSPS) is 28.6. The van der Waals surface area contributed by atoms with Crippen molar-refractivity contribution in [3.63, 3.8) is 0 Å². The minimum absolute atomic E-state index is 0.0161. The molecule has 0 radical (unpaired) electrons. The standard InChI is InChI=1S/C19H22N4O2S/c24-18-20-13-6-8-22(11-2-1-3-11)10-14(13)23(18)19-21-17-12-7-9-25-15(12)4-5-16(17)26-19/h4-5,11,13-14H,1-3,6-10H2,(H,20,24)/t13-,14+/m0/s1. The average Bonchev–Trinajstić information content (AvgIpc) is 3.26. The van der Waals surface area contributed by atoms with Crippen molar-refractivity contribution >= 4 is 32.7 Å². The van der Waals surface area contributed by atoms with Crippen molar-refractivity contribution in [1.82, 2.24) is 15.2 Å². The molecular formula is C19H22N4O2S. The molecule has 0 unspecified atom stereocenters. The van der Waals surface area contributed by atoms with Gasteiger partial charge in [0, 0.05) is 31.1 Å². The Morgan fingerprint density at radius 3 is 3.04 bits per heavy atom. The molecule has 1 aromatic heterocycles. The fourth-order valence-electron chi connectivity index (χ4n) is 4.84. The fraction of sp³-hybridized carbons (Fsp3) is 0.579. The second-order valence-electron chi connectivity index (χ2n) is 7.85. The van der Waals surface area contributed by atoms with Gasteiger partial charge >= 0.3 is 6.03 Å². The van der Waals surface area contributed by atoms with Crippen molar-refractivity contribution in [2.24, 2.45) is 0 Å². The van der Waals surface area contributed by atoms with E-state index in [1.165, 1.54) is 24.8 Å². The number of aromatic nitrogens is 1. The zero-order valence-electron chi connectivity index (χ0n) is 14.6. The van der Waals surface area contributed by atoms with Gasteiger partial charge in [-0.25, -0.2) is 9.78 Å². The number of fused-ring (bicyclic) bond motifs is 4. The average molecular weight is 370 g/mol. The summed E-state index contributed by atoms with van der Waals surface area (Å²) in [4.78, 5) is 22.2. The van der Waals surface area contributed by atoms with Gasteiger partial charge in [-0.3, -0.25) is 9.80 Å². The monoisotopic (exact) mass is 370 g/mol. The number of urea groups is 1. The number of ether oxygens (including phenoxy) is 1. The second-order valence-corrected chi connectivity index (χ2v) is 8.85. The summed E-state index contributed by atoms with van der Waals surface area (Å²) in [5.74, 6) is 0.951. The molecule has 1 aromatic carbocycles. The zero-order valence-corrected chi connectivity index (χ0v) is 15.4. The highest BCUT2D eigenvalue weighted by molar-refractivity contribution is 7.22. The molecule has 2 atom stereocenters. The molecule has 3 fully saturated rings. The van der Waals surface area contributed by atoms with E-state index >= 15 is 0 Å². The number of hydrogen-bond donors (Lipinski definition) is 1. The van der Waals surface area contributed by atoms with Gasteiger partial charge in [-0.15, -0.1) is 0 Å². The van der Waals surface area contributed by atoms with Gasteiger partial charge in [-0.05, 0) is 31.4 Å². The van der Waals surface area contributed by atoms with Gasteiger partial charge in [-0.2, -0.15) is 0 Å². The molecule has 0 spiro atoms. The van der Waals surface area contributed by atoms with Gasteiger partial charge in [0.15, 0.2) is 5.13 Å². The first kappa shape index (κ1) is 15.2. The molecule has 1 aliphatic carbocycles. The Hall–Kier alpha value is -1.86. The van der Waals surface area contributed by atoms with E-state index in [0.29, 0.717) is 0 Å². The van der Waals surface area contributed by atoms with E-state index in [2.05, 4.69) is 16.3 Å². The van der Waals surface area contributed by atoms with Crippen LogP contribution in [-0.4, -0.2) is 53.7 Å². The zero-order chi connectivity index (χ0) is 17.3. The summed E-state index contributed by atoms with van der Waals surface area (Å²) in [5, 5.41) is 4.03. The van der Waals surface area contributed by atoms with E-state index in [1.54, 1.807) is 11.3 Å². The first-order valence-corrected chi connectivity index (χ1v) is 10.5. The van der Waals surface area contributed by atoms with Crippen LogP contribution in [0.5, 0.6) is 5.75 Å². The topological polar surface area (TPSA) is 57.7 Å². The predicted molar refractivity (Wildman–Crippen MR) is 101 cm³/mol. The molecule has 0 bridgehead atoms. The van der Waals surface area contributed by atoms with Crippen molar-refractivity contribution in [3.8, 4) is 5.75 Å². The van der Waals surface area contributed by atoms with Crippen LogP contribution in [0.3, 0.4) is 0 Å². The van der Waals surface area contributed by atoms with E-state index in [1.807, 2.05) is 11.0 Å². The number of anilines is 1. The molecule has 1 N–H and O–H groups in total. The molecule has 2 saturated heterocycles. The molecule has 136 valence electrons. The quantitative estimate of drug-likeness (QED) is 0.883. The number of amides is 2. The molecule has 6 nitrogen and oxygen atoms in total. The third kappa shape index (κ3) is 2.13. The Morgan fingerprint density at radius 2 is 2.19 bits per heavy atom. The Labute approximate surface area is 156 Å². The Bertz CT molecular complexity index is 893. The van der Waals surface area contributed by atoms with Crippen LogP contribution in [0.4, 0.5) is 9.93 Å². The number of nitrogens with zero attached hydrogens (tertiary/aromatic N) is 3. The molecule has 1 saturated carbocycles. The highest BCUT2D eigenvalue weighted by Crippen LogP contribution is 2.40. The number of carbonyl (C=O) groups is 1. The fourth-order valence-corrected chi connectivity index (χ4v) is 5.89. The highest BCUT2D eigenvalue weighted by atomic mass is 32.1. The summed E-state index contributed by atoms with van der Waals surface area (Å²) in [6.45, 7) is 2.79. The largest absolute Gasteiger partial charge is 0.493 e. The van der Waals surface area contributed by atoms with E-state index < -0.39 is 0 Å². The lowest BCUT2D eigenvalue weighted by Gasteiger charge is -2.44. The molecule has 4 heterocycles. The molecule has 3 aliphatic heterocycles. The summed E-state index contributed by atoms with van der Waals surface area (Å²) in [6.07, 6.45) is 5.92. The Balaban J connectivity index is 1.36. The molecule has 2 amide bonds. The number of thiazole rings is 1. The number of carbonyl (C=O) groups excluding carboxylic acids is 1. The molecular weight excluding hydrogens is 348 g/mol. The molecule has 2 aromatic rings. The third-order valence-electron chi connectivity index (χ3n) is 6.49. The maximum atomic E-state index is 12.7. The lowest BCUT2D eigenvalue weighted by atomic mass is 9.88. The van der Waals surface area contributed by atoms with Crippen molar-refractivity contribution < 1.29 is 9.53 Å². The van der Waals surface area contributed by atoms with Gasteiger partial charge < -0.3 is 10.1 Å². The minimum Gasteiger partial charge on any atom is -0.493 e. The van der Waals surface area contributed by atoms with Crippen LogP contribution in [-0.2, 0) is 6.42 Å². The molecule has 4 aliphatic rings. The third-order valence-corrected chi connectivity index (χ3v) is 7.51. The SMILES string of the molecule is O=C1N[C@H]2CCN(C3CCC3)C[C@H]2N1c1nc2c3c(ccc2s1)OCC3. The second kappa shape index (κ2) is 5.57. The summed E-state index contributed by atoms with van der Waals surface area (Å²) >= 11 is 1.63. The summed E-state index contributed by atoms with van der Waals surface area (Å²) in [6, 6.07) is 5.31. The number of piperidine rings is 1. The molecule has 26 heavy (non-hydrogen) atoms. The van der Waals surface area contributed by atoms with Crippen LogP contribution < -0.4 is 15.0 Å². The lowest BCUT2D eigenvalue weighted by molar-refractivity contribution is 0.0898. The van der Waals surface area contributed by atoms with E-state index in [4.69, 9.17) is 9.72 Å². The van der Waals surface area contributed by atoms with Gasteiger partial charge in [0.1, 0.15) is 5.75 Å². The Morgan fingerprint density at radius 1 is 1.27 bits per heavy atom. The number of nitrogens with one attached hydrogen (secondary N) is 1. The number of rotatable bonds is 2. The van der Waals surface area contributed by atoms with Gasteiger partial charge in [0.05, 0.1) is 28.9 Å². The molecule has 6 rings (SSSR count). The van der Waals surface area contributed by atoms with Crippen LogP contribution in [0.15, 0.2) is 12.1 Å². The van der Waals surface area contributed by atoms with Crippen LogP contribution in [0, 0.1) is 0 Å². The smallest absolute Gasteiger partial charge is 0.324 e. The first-order valence-electron chi connectivity index (χ1n) is 9.67. The maximum absolute atomic E-state index is 12.7.